The maximum absolute atomic E-state index is 12.7. The summed E-state index contributed by atoms with van der Waals surface area (Å²) >= 11 is 0. The second kappa shape index (κ2) is 6.60. The maximum atomic E-state index is 12.7. The molecule has 2 rings (SSSR count). The molecular weight excluding hydrogens is 266 g/mol. The van der Waals surface area contributed by atoms with E-state index in [4.69, 9.17) is 4.74 Å². The Balaban J connectivity index is 1.96. The minimum atomic E-state index is -0.133. The summed E-state index contributed by atoms with van der Waals surface area (Å²) in [6, 6.07) is 0. The second-order valence-corrected chi connectivity index (χ2v) is 6.28. The van der Waals surface area contributed by atoms with E-state index in [2.05, 4.69) is 24.0 Å². The number of carbonyl (C=O) groups is 1. The smallest absolute Gasteiger partial charge is 0.229 e. The van der Waals surface area contributed by atoms with Crippen molar-refractivity contribution in [1.82, 2.24) is 15.1 Å². The van der Waals surface area contributed by atoms with Crippen molar-refractivity contribution in [3.8, 4) is 0 Å². The number of carbonyl (C=O) groups excluding carboxylic acids is 1. The van der Waals surface area contributed by atoms with Crippen LogP contribution in [0.1, 0.15) is 56.5 Å². The van der Waals surface area contributed by atoms with Gasteiger partial charge in [0.25, 0.3) is 0 Å². The molecule has 1 unspecified atom stereocenters. The lowest BCUT2D eigenvalue weighted by Gasteiger charge is -2.34. The molecule has 0 bridgehead atoms. The van der Waals surface area contributed by atoms with Crippen molar-refractivity contribution in [1.29, 1.82) is 0 Å². The fourth-order valence-electron chi connectivity index (χ4n) is 3.19. The van der Waals surface area contributed by atoms with E-state index in [1.165, 1.54) is 0 Å². The number of ether oxygens (including phenoxy) is 1. The summed E-state index contributed by atoms with van der Waals surface area (Å²) in [4.78, 5) is 14.6. The van der Waals surface area contributed by atoms with Crippen molar-refractivity contribution in [2.75, 3.05) is 13.1 Å². The van der Waals surface area contributed by atoms with Crippen LogP contribution in [0.25, 0.3) is 0 Å². The van der Waals surface area contributed by atoms with Gasteiger partial charge in [-0.05, 0) is 47.5 Å². The Hall–Kier alpha value is -1.36. The van der Waals surface area contributed by atoms with Crippen LogP contribution in [0.3, 0.4) is 0 Å². The van der Waals surface area contributed by atoms with Crippen LogP contribution in [0.4, 0.5) is 0 Å². The molecule has 0 spiro atoms. The zero-order valence-electron chi connectivity index (χ0n) is 13.8. The van der Waals surface area contributed by atoms with Gasteiger partial charge in [0.1, 0.15) is 0 Å². The average molecular weight is 293 g/mol. The molecule has 0 aliphatic carbocycles. The molecule has 1 saturated heterocycles. The molecule has 0 aromatic carbocycles. The summed E-state index contributed by atoms with van der Waals surface area (Å²) in [5, 5.41) is 7.16. The molecule has 21 heavy (non-hydrogen) atoms. The number of rotatable bonds is 4. The maximum Gasteiger partial charge on any atom is 0.229 e. The van der Waals surface area contributed by atoms with Crippen LogP contribution in [-0.4, -0.2) is 46.3 Å². The van der Waals surface area contributed by atoms with Crippen molar-refractivity contribution >= 4 is 5.91 Å². The third kappa shape index (κ3) is 3.64. The highest BCUT2D eigenvalue weighted by Crippen LogP contribution is 2.25. The highest BCUT2D eigenvalue weighted by Gasteiger charge is 2.29. The number of hydrogen-bond donors (Lipinski definition) is 1. The summed E-state index contributed by atoms with van der Waals surface area (Å²) in [5.74, 6) is 0.0666. The largest absolute Gasteiger partial charge is 0.375 e. The van der Waals surface area contributed by atoms with Gasteiger partial charge >= 0.3 is 0 Å². The fourth-order valence-corrected chi connectivity index (χ4v) is 3.19. The van der Waals surface area contributed by atoms with E-state index >= 15 is 0 Å². The van der Waals surface area contributed by atoms with Gasteiger partial charge in [0.15, 0.2) is 0 Å². The molecule has 5 nitrogen and oxygen atoms in total. The Morgan fingerprint density at radius 2 is 1.90 bits per heavy atom. The molecule has 2 heterocycles. The first kappa shape index (κ1) is 16.0. The molecule has 1 atom stereocenters. The van der Waals surface area contributed by atoms with Gasteiger partial charge < -0.3 is 9.64 Å². The lowest BCUT2D eigenvalue weighted by molar-refractivity contribution is -0.135. The Bertz CT molecular complexity index is 468. The molecule has 118 valence electrons. The molecule has 1 aromatic heterocycles. The summed E-state index contributed by atoms with van der Waals surface area (Å²) in [5.41, 5.74) is 2.96. The van der Waals surface area contributed by atoms with Gasteiger partial charge in [-0.3, -0.25) is 9.89 Å². The van der Waals surface area contributed by atoms with Crippen molar-refractivity contribution in [3.05, 3.63) is 17.0 Å². The average Bonchev–Trinajstić information content (AvgIpc) is 2.77. The normalized spacial score (nSPS) is 18.3. The van der Waals surface area contributed by atoms with E-state index in [0.717, 1.165) is 42.9 Å². The van der Waals surface area contributed by atoms with E-state index in [0.29, 0.717) is 6.10 Å². The number of piperidine rings is 1. The highest BCUT2D eigenvalue weighted by atomic mass is 16.5. The summed E-state index contributed by atoms with van der Waals surface area (Å²) in [6.07, 6.45) is 2.41. The molecule has 0 radical (unpaired) electrons. The second-order valence-electron chi connectivity index (χ2n) is 6.28. The molecule has 1 N–H and O–H groups in total. The van der Waals surface area contributed by atoms with Crippen molar-refractivity contribution < 1.29 is 9.53 Å². The predicted octanol–water partition coefficient (Wildman–Crippen LogP) is 2.55. The van der Waals surface area contributed by atoms with E-state index in [1.807, 2.05) is 25.7 Å². The number of nitrogens with zero attached hydrogens (tertiary/aromatic N) is 2. The SMILES string of the molecule is Cc1n[nH]c(C)c1C(C)C(=O)N1CCC(OC(C)C)CC1. The minimum Gasteiger partial charge on any atom is -0.375 e. The van der Waals surface area contributed by atoms with Crippen LogP contribution in [0, 0.1) is 13.8 Å². The first-order valence-corrected chi connectivity index (χ1v) is 7.85. The van der Waals surface area contributed by atoms with E-state index in [-0.39, 0.29) is 17.9 Å². The Kier molecular flexibility index (Phi) is 5.04. The van der Waals surface area contributed by atoms with Crippen LogP contribution < -0.4 is 0 Å². The minimum absolute atomic E-state index is 0.133. The van der Waals surface area contributed by atoms with E-state index in [1.54, 1.807) is 0 Å². The van der Waals surface area contributed by atoms with Crippen LogP contribution in [0.2, 0.25) is 0 Å². The van der Waals surface area contributed by atoms with Crippen LogP contribution in [0.5, 0.6) is 0 Å². The standard InChI is InChI=1S/C16H27N3O2/c1-10(2)21-14-6-8-19(9-7-14)16(20)11(3)15-12(4)17-18-13(15)5/h10-11,14H,6-9H2,1-5H3,(H,17,18). The Labute approximate surface area is 127 Å². The monoisotopic (exact) mass is 293 g/mol. The fraction of sp³-hybridized carbons (Fsp3) is 0.750. The number of amides is 1. The molecule has 1 aliphatic heterocycles. The van der Waals surface area contributed by atoms with Gasteiger partial charge in [-0.15, -0.1) is 0 Å². The van der Waals surface area contributed by atoms with Crippen molar-refractivity contribution in [2.24, 2.45) is 0 Å². The van der Waals surface area contributed by atoms with E-state index in [9.17, 15) is 4.79 Å². The number of aryl methyl sites for hydroxylation is 2. The quantitative estimate of drug-likeness (QED) is 0.928. The number of aromatic nitrogens is 2. The van der Waals surface area contributed by atoms with E-state index < -0.39 is 0 Å². The highest BCUT2D eigenvalue weighted by molar-refractivity contribution is 5.84. The lowest BCUT2D eigenvalue weighted by atomic mass is 9.96. The summed E-state index contributed by atoms with van der Waals surface area (Å²) in [6.45, 7) is 11.6. The number of nitrogens with one attached hydrogen (secondary N) is 1. The molecule has 1 aromatic rings. The predicted molar refractivity (Wildman–Crippen MR) is 82.3 cm³/mol. The first-order valence-electron chi connectivity index (χ1n) is 7.85. The number of aromatic amines is 1. The van der Waals surface area contributed by atoms with Gasteiger partial charge in [-0.2, -0.15) is 5.10 Å². The zero-order chi connectivity index (χ0) is 15.6. The molecule has 1 fully saturated rings. The topological polar surface area (TPSA) is 58.2 Å². The van der Waals surface area contributed by atoms with Crippen LogP contribution in [0.15, 0.2) is 0 Å². The third-order valence-corrected chi connectivity index (χ3v) is 4.21. The van der Waals surface area contributed by atoms with Crippen LogP contribution >= 0.6 is 0 Å². The summed E-state index contributed by atoms with van der Waals surface area (Å²) in [7, 11) is 0. The van der Waals surface area contributed by atoms with Crippen molar-refractivity contribution in [2.45, 2.75) is 65.6 Å². The number of H-pyrrole nitrogens is 1. The molecule has 1 aliphatic rings. The van der Waals surface area contributed by atoms with Gasteiger partial charge in [-0.25, -0.2) is 0 Å². The van der Waals surface area contributed by atoms with Gasteiger partial charge in [0.05, 0.1) is 23.8 Å². The molecule has 5 heteroatoms. The van der Waals surface area contributed by atoms with Gasteiger partial charge in [0, 0.05) is 24.3 Å². The zero-order valence-corrected chi connectivity index (χ0v) is 13.8. The van der Waals surface area contributed by atoms with Gasteiger partial charge in [0.2, 0.25) is 5.91 Å². The first-order chi connectivity index (χ1) is 9.90. The third-order valence-electron chi connectivity index (χ3n) is 4.21. The van der Waals surface area contributed by atoms with Gasteiger partial charge in [-0.1, -0.05) is 0 Å². The molecular formula is C16H27N3O2. The molecule has 0 saturated carbocycles. The van der Waals surface area contributed by atoms with Crippen molar-refractivity contribution in [3.63, 3.8) is 0 Å². The number of likely N-dealkylation sites (tertiary alicyclic amines) is 1. The Morgan fingerprint density at radius 1 is 1.29 bits per heavy atom. The number of hydrogen-bond acceptors (Lipinski definition) is 3. The Morgan fingerprint density at radius 3 is 2.38 bits per heavy atom. The lowest BCUT2D eigenvalue weighted by Crippen LogP contribution is -2.43. The summed E-state index contributed by atoms with van der Waals surface area (Å²) < 4.78 is 5.84. The molecule has 1 amide bonds. The van der Waals surface area contributed by atoms with Crippen LogP contribution in [-0.2, 0) is 9.53 Å².